The fourth-order valence-corrected chi connectivity index (χ4v) is 3.16. The molecule has 2 saturated carbocycles. The van der Waals surface area contributed by atoms with E-state index in [2.05, 4.69) is 0 Å². The van der Waals surface area contributed by atoms with Gasteiger partial charge in [0.05, 0.1) is 11.5 Å². The van der Waals surface area contributed by atoms with Crippen molar-refractivity contribution in [2.45, 2.75) is 45.6 Å². The van der Waals surface area contributed by atoms with Gasteiger partial charge in [0.15, 0.2) is 0 Å². The van der Waals surface area contributed by atoms with Gasteiger partial charge in [-0.05, 0) is 45.4 Å². The maximum Gasteiger partial charge on any atom is 0.313 e. The van der Waals surface area contributed by atoms with Crippen molar-refractivity contribution < 1.29 is 14.3 Å². The first-order valence-corrected chi connectivity index (χ1v) is 5.75. The molecule has 2 aliphatic rings. The largest absolute Gasteiger partial charge is 0.463 e. The summed E-state index contributed by atoms with van der Waals surface area (Å²) in [5.41, 5.74) is -0.462. The predicted molar refractivity (Wildman–Crippen MR) is 55.2 cm³/mol. The molecule has 2 aliphatic carbocycles. The first kappa shape index (κ1) is 10.7. The third kappa shape index (κ3) is 1.58. The SMILES string of the molecule is CC(C)OC(=O)C12CCC(CC1C=O)C2. The van der Waals surface area contributed by atoms with Crippen molar-refractivity contribution in [1.29, 1.82) is 0 Å². The summed E-state index contributed by atoms with van der Waals surface area (Å²) in [5, 5.41) is 0. The lowest BCUT2D eigenvalue weighted by Gasteiger charge is -2.30. The minimum Gasteiger partial charge on any atom is -0.463 e. The Bertz CT molecular complexity index is 285. The normalized spacial score (nSPS) is 38.3. The summed E-state index contributed by atoms with van der Waals surface area (Å²) < 4.78 is 5.29. The van der Waals surface area contributed by atoms with Gasteiger partial charge in [0.25, 0.3) is 0 Å². The van der Waals surface area contributed by atoms with Gasteiger partial charge >= 0.3 is 5.97 Å². The van der Waals surface area contributed by atoms with Gasteiger partial charge in [-0.25, -0.2) is 0 Å². The molecular weight excluding hydrogens is 192 g/mol. The van der Waals surface area contributed by atoms with Crippen LogP contribution in [0.3, 0.4) is 0 Å². The van der Waals surface area contributed by atoms with Gasteiger partial charge in [0, 0.05) is 5.92 Å². The molecule has 0 heterocycles. The molecule has 3 heteroatoms. The summed E-state index contributed by atoms with van der Waals surface area (Å²) >= 11 is 0. The second kappa shape index (κ2) is 3.62. The smallest absolute Gasteiger partial charge is 0.313 e. The van der Waals surface area contributed by atoms with Crippen LogP contribution in [-0.4, -0.2) is 18.4 Å². The molecule has 0 N–H and O–H groups in total. The molecule has 2 fully saturated rings. The van der Waals surface area contributed by atoms with Crippen molar-refractivity contribution >= 4 is 12.3 Å². The number of fused-ring (bicyclic) bond motifs is 2. The lowest BCUT2D eigenvalue weighted by atomic mass is 9.75. The molecule has 3 nitrogen and oxygen atoms in total. The van der Waals surface area contributed by atoms with Crippen LogP contribution in [0.5, 0.6) is 0 Å². The van der Waals surface area contributed by atoms with E-state index in [0.717, 1.165) is 32.0 Å². The van der Waals surface area contributed by atoms with Gasteiger partial charge in [-0.2, -0.15) is 0 Å². The molecule has 0 amide bonds. The second-order valence-electron chi connectivity index (χ2n) is 5.20. The van der Waals surface area contributed by atoms with Crippen LogP contribution >= 0.6 is 0 Å². The minimum atomic E-state index is -0.462. The molecule has 84 valence electrons. The van der Waals surface area contributed by atoms with E-state index in [-0.39, 0.29) is 18.0 Å². The Morgan fingerprint density at radius 2 is 2.27 bits per heavy atom. The highest BCUT2D eigenvalue weighted by Crippen LogP contribution is 2.57. The average molecular weight is 210 g/mol. The van der Waals surface area contributed by atoms with Crippen molar-refractivity contribution in [3.05, 3.63) is 0 Å². The van der Waals surface area contributed by atoms with Gasteiger partial charge in [-0.15, -0.1) is 0 Å². The summed E-state index contributed by atoms with van der Waals surface area (Å²) in [6, 6.07) is 0. The number of carbonyl (C=O) groups is 2. The summed E-state index contributed by atoms with van der Waals surface area (Å²) in [6.07, 6.45) is 4.54. The molecule has 0 aromatic rings. The topological polar surface area (TPSA) is 43.4 Å². The molecule has 0 aliphatic heterocycles. The number of hydrogen-bond acceptors (Lipinski definition) is 3. The number of carbonyl (C=O) groups excluding carboxylic acids is 2. The van der Waals surface area contributed by atoms with E-state index >= 15 is 0 Å². The van der Waals surface area contributed by atoms with E-state index in [9.17, 15) is 9.59 Å². The molecule has 0 spiro atoms. The van der Waals surface area contributed by atoms with Crippen molar-refractivity contribution in [3.63, 3.8) is 0 Å². The second-order valence-corrected chi connectivity index (χ2v) is 5.20. The molecule has 0 aromatic heterocycles. The maximum atomic E-state index is 12.0. The Balaban J connectivity index is 2.16. The highest BCUT2D eigenvalue weighted by molar-refractivity contribution is 5.82. The highest BCUT2D eigenvalue weighted by atomic mass is 16.5. The summed E-state index contributed by atoms with van der Waals surface area (Å²) in [7, 11) is 0. The minimum absolute atomic E-state index is 0.0844. The fourth-order valence-electron chi connectivity index (χ4n) is 3.16. The van der Waals surface area contributed by atoms with Crippen LogP contribution in [0.25, 0.3) is 0 Å². The first-order chi connectivity index (χ1) is 7.08. The molecule has 0 aromatic carbocycles. The zero-order valence-corrected chi connectivity index (χ0v) is 9.36. The molecular formula is C12H18O3. The summed E-state index contributed by atoms with van der Waals surface area (Å²) in [4.78, 5) is 23.0. The van der Waals surface area contributed by atoms with Gasteiger partial charge in [-0.3, -0.25) is 4.79 Å². The molecule has 0 saturated heterocycles. The molecule has 3 unspecified atom stereocenters. The highest BCUT2D eigenvalue weighted by Gasteiger charge is 2.57. The van der Waals surface area contributed by atoms with Gasteiger partial charge in [0.1, 0.15) is 6.29 Å². The number of esters is 1. The quantitative estimate of drug-likeness (QED) is 0.528. The first-order valence-electron chi connectivity index (χ1n) is 5.75. The van der Waals surface area contributed by atoms with Gasteiger partial charge < -0.3 is 9.53 Å². The van der Waals surface area contributed by atoms with Crippen LogP contribution < -0.4 is 0 Å². The van der Waals surface area contributed by atoms with Crippen molar-refractivity contribution in [1.82, 2.24) is 0 Å². The van der Waals surface area contributed by atoms with E-state index in [1.807, 2.05) is 13.8 Å². The monoisotopic (exact) mass is 210 g/mol. The van der Waals surface area contributed by atoms with Gasteiger partial charge in [0.2, 0.25) is 0 Å². The van der Waals surface area contributed by atoms with Crippen LogP contribution in [0, 0.1) is 17.3 Å². The number of hydrogen-bond donors (Lipinski definition) is 0. The zero-order chi connectivity index (χ0) is 11.1. The number of ether oxygens (including phenoxy) is 1. The van der Waals surface area contributed by atoms with E-state index in [0.29, 0.717) is 5.92 Å². The molecule has 0 radical (unpaired) electrons. The third-order valence-electron chi connectivity index (χ3n) is 3.86. The van der Waals surface area contributed by atoms with Crippen LogP contribution in [-0.2, 0) is 14.3 Å². The standard InChI is InChI=1S/C12H18O3/c1-8(2)15-11(14)12-4-3-9(6-12)5-10(12)7-13/h7-10H,3-6H2,1-2H3. The Hall–Kier alpha value is -0.860. The Kier molecular flexibility index (Phi) is 2.57. The van der Waals surface area contributed by atoms with Crippen LogP contribution in [0.4, 0.5) is 0 Å². The van der Waals surface area contributed by atoms with Crippen LogP contribution in [0.15, 0.2) is 0 Å². The summed E-state index contributed by atoms with van der Waals surface area (Å²) in [5.74, 6) is 0.331. The van der Waals surface area contributed by atoms with E-state index < -0.39 is 5.41 Å². The van der Waals surface area contributed by atoms with Crippen LogP contribution in [0.1, 0.15) is 39.5 Å². The van der Waals surface area contributed by atoms with E-state index in [1.165, 1.54) is 0 Å². The number of aldehydes is 1. The lowest BCUT2D eigenvalue weighted by molar-refractivity contribution is -0.163. The van der Waals surface area contributed by atoms with E-state index in [4.69, 9.17) is 4.74 Å². The Labute approximate surface area is 90.2 Å². The van der Waals surface area contributed by atoms with Crippen molar-refractivity contribution in [2.75, 3.05) is 0 Å². The maximum absolute atomic E-state index is 12.0. The Morgan fingerprint density at radius 1 is 1.53 bits per heavy atom. The molecule has 15 heavy (non-hydrogen) atoms. The lowest BCUT2D eigenvalue weighted by Crippen LogP contribution is -2.37. The molecule has 2 rings (SSSR count). The zero-order valence-electron chi connectivity index (χ0n) is 9.36. The Morgan fingerprint density at radius 3 is 2.80 bits per heavy atom. The molecule has 3 atom stereocenters. The van der Waals surface area contributed by atoms with Crippen molar-refractivity contribution in [2.24, 2.45) is 17.3 Å². The fraction of sp³-hybridized carbons (Fsp3) is 0.833. The summed E-state index contributed by atoms with van der Waals surface area (Å²) in [6.45, 7) is 3.71. The average Bonchev–Trinajstić information content (AvgIpc) is 2.74. The van der Waals surface area contributed by atoms with Crippen LogP contribution in [0.2, 0.25) is 0 Å². The van der Waals surface area contributed by atoms with Crippen molar-refractivity contribution in [3.8, 4) is 0 Å². The number of rotatable bonds is 3. The molecule has 2 bridgehead atoms. The van der Waals surface area contributed by atoms with E-state index in [1.54, 1.807) is 0 Å². The predicted octanol–water partition coefficient (Wildman–Crippen LogP) is 1.94. The third-order valence-corrected chi connectivity index (χ3v) is 3.86. The van der Waals surface area contributed by atoms with Gasteiger partial charge in [-0.1, -0.05) is 0 Å².